The van der Waals surface area contributed by atoms with Crippen molar-refractivity contribution in [3.05, 3.63) is 42.7 Å². The van der Waals surface area contributed by atoms with E-state index in [-0.39, 0.29) is 24.2 Å². The van der Waals surface area contributed by atoms with Gasteiger partial charge < -0.3 is 35.4 Å². The lowest BCUT2D eigenvalue weighted by Crippen LogP contribution is -2.47. The molecule has 0 aliphatic carbocycles. The summed E-state index contributed by atoms with van der Waals surface area (Å²) in [5.74, 6) is 1.83. The van der Waals surface area contributed by atoms with Crippen molar-refractivity contribution in [2.75, 3.05) is 72.2 Å². The van der Waals surface area contributed by atoms with Crippen molar-refractivity contribution < 1.29 is 9.53 Å². The van der Waals surface area contributed by atoms with Crippen LogP contribution in [0.15, 0.2) is 42.7 Å². The van der Waals surface area contributed by atoms with Gasteiger partial charge in [-0.1, -0.05) is 0 Å². The summed E-state index contributed by atoms with van der Waals surface area (Å²) in [7, 11) is 2.12. The molecule has 3 saturated heterocycles. The summed E-state index contributed by atoms with van der Waals surface area (Å²) >= 11 is 0. The summed E-state index contributed by atoms with van der Waals surface area (Å²) in [6, 6.07) is 9.94. The van der Waals surface area contributed by atoms with E-state index in [0.717, 1.165) is 50.3 Å². The van der Waals surface area contributed by atoms with Gasteiger partial charge in [0.2, 0.25) is 11.9 Å². The van der Waals surface area contributed by atoms with Crippen LogP contribution in [0.5, 0.6) is 0 Å². The Morgan fingerprint density at radius 3 is 2.39 bits per heavy atom. The minimum atomic E-state index is -0.324. The van der Waals surface area contributed by atoms with Gasteiger partial charge in [0.25, 0.3) is 0 Å². The number of nitrogens with zero attached hydrogens (tertiary/aromatic N) is 7. The van der Waals surface area contributed by atoms with Crippen molar-refractivity contribution in [2.45, 2.75) is 44.8 Å². The molecule has 2 amide bonds. The van der Waals surface area contributed by atoms with E-state index < -0.39 is 0 Å². The number of benzene rings is 1. The van der Waals surface area contributed by atoms with Gasteiger partial charge in [-0.2, -0.15) is 15.0 Å². The number of carbonyl (C=O) groups excluding carboxylic acids is 1. The van der Waals surface area contributed by atoms with E-state index in [9.17, 15) is 4.79 Å². The van der Waals surface area contributed by atoms with Crippen molar-refractivity contribution in [1.82, 2.24) is 24.8 Å². The summed E-state index contributed by atoms with van der Waals surface area (Å²) in [5.41, 5.74) is 3.17. The zero-order valence-electron chi connectivity index (χ0n) is 23.9. The van der Waals surface area contributed by atoms with Crippen molar-refractivity contribution in [3.8, 4) is 11.4 Å². The number of anilines is 5. The van der Waals surface area contributed by atoms with Crippen LogP contribution in [0.25, 0.3) is 11.4 Å². The molecule has 12 heteroatoms. The number of nitrogens with one attached hydrogen (secondary N) is 3. The molecule has 5 heterocycles. The smallest absolute Gasteiger partial charge is 0.323 e. The Balaban J connectivity index is 1.17. The fourth-order valence-corrected chi connectivity index (χ4v) is 5.68. The second-order valence-electron chi connectivity index (χ2n) is 11.3. The number of rotatable bonds is 7. The van der Waals surface area contributed by atoms with Crippen LogP contribution in [-0.2, 0) is 4.74 Å². The van der Waals surface area contributed by atoms with Crippen LogP contribution in [0.4, 0.5) is 33.8 Å². The number of morpholine rings is 1. The van der Waals surface area contributed by atoms with E-state index >= 15 is 0 Å². The van der Waals surface area contributed by atoms with E-state index in [2.05, 4.69) is 56.5 Å². The van der Waals surface area contributed by atoms with Gasteiger partial charge in [0.15, 0.2) is 5.82 Å². The summed E-state index contributed by atoms with van der Waals surface area (Å²) < 4.78 is 5.77. The van der Waals surface area contributed by atoms with Crippen LogP contribution < -0.4 is 25.8 Å². The summed E-state index contributed by atoms with van der Waals surface area (Å²) in [6.45, 7) is 9.28. The normalized spacial score (nSPS) is 20.8. The Labute approximate surface area is 240 Å². The molecule has 0 spiro atoms. The molecule has 3 aromatic rings. The topological polar surface area (TPSA) is 124 Å². The number of urea groups is 1. The lowest BCUT2D eigenvalue weighted by Gasteiger charge is -2.34. The van der Waals surface area contributed by atoms with E-state index in [0.29, 0.717) is 42.3 Å². The number of likely N-dealkylation sites (N-methyl/N-ethyl adjacent to an activating group) is 1. The Bertz CT molecular complexity index is 1340. The van der Waals surface area contributed by atoms with Gasteiger partial charge >= 0.3 is 6.03 Å². The van der Waals surface area contributed by atoms with Gasteiger partial charge in [0.1, 0.15) is 0 Å². The SMILES string of the molecule is CC(C)Nc1nc(-c2ccc(NC(=O)Nc3cnccc3N3CCN(C)CC3)cc2)nc(N2C3CCC2COC3)n1. The Morgan fingerprint density at radius 1 is 0.951 bits per heavy atom. The highest BCUT2D eigenvalue weighted by atomic mass is 16.5. The Hall–Kier alpha value is -4.03. The third-order valence-electron chi connectivity index (χ3n) is 7.80. The molecule has 2 unspecified atom stereocenters. The number of hydrogen-bond acceptors (Lipinski definition) is 10. The molecule has 2 bridgehead atoms. The van der Waals surface area contributed by atoms with Crippen LogP contribution in [0, 0.1) is 0 Å². The summed E-state index contributed by atoms with van der Waals surface area (Å²) in [5, 5.41) is 9.25. The number of fused-ring (bicyclic) bond motifs is 2. The minimum absolute atomic E-state index is 0.182. The molecule has 3 fully saturated rings. The number of hydrogen-bond donors (Lipinski definition) is 3. The van der Waals surface area contributed by atoms with E-state index in [1.807, 2.05) is 30.3 Å². The first-order valence-corrected chi connectivity index (χ1v) is 14.4. The molecule has 0 saturated carbocycles. The van der Waals surface area contributed by atoms with Crippen molar-refractivity contribution in [1.29, 1.82) is 0 Å². The standard InChI is InChI=1S/C29H38N10O2/c1-19(2)31-27-34-26(35-28(36-27)39-22-8-9-23(39)18-41-17-22)20-4-6-21(7-5-20)32-29(40)33-24-16-30-11-10-25(24)38-14-12-37(3)13-15-38/h4-7,10-11,16,19,22-23H,8-9,12-15,17-18H2,1-3H3,(H2,32,33,40)(H,31,34,35,36). The maximum absolute atomic E-state index is 12.9. The highest BCUT2D eigenvalue weighted by Crippen LogP contribution is 2.33. The Morgan fingerprint density at radius 2 is 1.68 bits per heavy atom. The maximum Gasteiger partial charge on any atom is 0.323 e. The van der Waals surface area contributed by atoms with Crippen LogP contribution in [0.3, 0.4) is 0 Å². The van der Waals surface area contributed by atoms with Gasteiger partial charge in [0, 0.05) is 49.7 Å². The average Bonchev–Trinajstić information content (AvgIpc) is 3.21. The minimum Gasteiger partial charge on any atom is -0.377 e. The average molecular weight is 559 g/mol. The fourth-order valence-electron chi connectivity index (χ4n) is 5.68. The Kier molecular flexibility index (Phi) is 7.84. The van der Waals surface area contributed by atoms with Gasteiger partial charge in [-0.25, -0.2) is 4.79 Å². The lowest BCUT2D eigenvalue weighted by molar-refractivity contribution is 0.0897. The number of piperazine rings is 1. The molecule has 3 N–H and O–H groups in total. The van der Waals surface area contributed by atoms with E-state index in [1.165, 1.54) is 0 Å². The van der Waals surface area contributed by atoms with Crippen molar-refractivity contribution in [3.63, 3.8) is 0 Å². The number of ether oxygens (including phenoxy) is 1. The van der Waals surface area contributed by atoms with Gasteiger partial charge in [-0.15, -0.1) is 0 Å². The molecule has 6 rings (SSSR count). The number of pyridine rings is 1. The molecule has 216 valence electrons. The third-order valence-corrected chi connectivity index (χ3v) is 7.80. The predicted octanol–water partition coefficient (Wildman–Crippen LogP) is 3.52. The van der Waals surface area contributed by atoms with E-state index in [1.54, 1.807) is 12.4 Å². The molecule has 3 aliphatic rings. The molecular weight excluding hydrogens is 520 g/mol. The molecule has 2 aromatic heterocycles. The van der Waals surface area contributed by atoms with Crippen LogP contribution in [-0.4, -0.2) is 95.4 Å². The second-order valence-corrected chi connectivity index (χ2v) is 11.3. The first kappa shape index (κ1) is 27.2. The zero-order chi connectivity index (χ0) is 28.3. The molecule has 2 atom stereocenters. The molecule has 0 radical (unpaired) electrons. The van der Waals surface area contributed by atoms with Gasteiger partial charge in [0.05, 0.1) is 42.9 Å². The second kappa shape index (κ2) is 11.8. The largest absolute Gasteiger partial charge is 0.377 e. The first-order valence-electron chi connectivity index (χ1n) is 14.4. The van der Waals surface area contributed by atoms with Crippen LogP contribution in [0.2, 0.25) is 0 Å². The van der Waals surface area contributed by atoms with Gasteiger partial charge in [-0.3, -0.25) is 4.98 Å². The lowest BCUT2D eigenvalue weighted by atomic mass is 10.2. The van der Waals surface area contributed by atoms with E-state index in [4.69, 9.17) is 19.7 Å². The third kappa shape index (κ3) is 6.18. The highest BCUT2D eigenvalue weighted by molar-refractivity contribution is 6.01. The monoisotopic (exact) mass is 558 g/mol. The van der Waals surface area contributed by atoms with Gasteiger partial charge in [-0.05, 0) is 64.1 Å². The van der Waals surface area contributed by atoms with Crippen molar-refractivity contribution in [2.24, 2.45) is 0 Å². The summed E-state index contributed by atoms with van der Waals surface area (Å²) in [6.07, 6.45) is 5.61. The first-order chi connectivity index (χ1) is 19.9. The van der Waals surface area contributed by atoms with Crippen LogP contribution >= 0.6 is 0 Å². The van der Waals surface area contributed by atoms with Crippen LogP contribution in [0.1, 0.15) is 26.7 Å². The highest BCUT2D eigenvalue weighted by Gasteiger charge is 2.39. The van der Waals surface area contributed by atoms with Crippen molar-refractivity contribution >= 4 is 35.0 Å². The number of aromatic nitrogens is 4. The molecule has 1 aromatic carbocycles. The molecular formula is C29H38N10O2. The summed E-state index contributed by atoms with van der Waals surface area (Å²) in [4.78, 5) is 38.4. The zero-order valence-corrected chi connectivity index (χ0v) is 23.9. The number of amides is 2. The predicted molar refractivity (Wildman–Crippen MR) is 161 cm³/mol. The molecule has 3 aliphatic heterocycles. The quantitative estimate of drug-likeness (QED) is 0.397. The fraction of sp³-hybridized carbons (Fsp3) is 0.483. The number of carbonyl (C=O) groups is 1. The maximum atomic E-state index is 12.9. The molecule has 12 nitrogen and oxygen atoms in total. The molecule has 41 heavy (non-hydrogen) atoms.